The van der Waals surface area contributed by atoms with Crippen LogP contribution in [-0.2, 0) is 23.0 Å². The van der Waals surface area contributed by atoms with Gasteiger partial charge in [0.15, 0.2) is 0 Å². The van der Waals surface area contributed by atoms with E-state index in [0.29, 0.717) is 0 Å². The molecule has 1 atom stereocenters. The van der Waals surface area contributed by atoms with Crippen molar-refractivity contribution in [2.24, 2.45) is 0 Å². The highest BCUT2D eigenvalue weighted by Gasteiger charge is 2.30. The lowest BCUT2D eigenvalue weighted by Crippen LogP contribution is -2.37. The summed E-state index contributed by atoms with van der Waals surface area (Å²) in [7, 11) is -1.86. The van der Waals surface area contributed by atoms with Crippen molar-refractivity contribution in [2.45, 2.75) is 43.7 Å². The average molecular weight is 321 g/mol. The van der Waals surface area contributed by atoms with Crippen LogP contribution in [0.1, 0.15) is 24.5 Å². The third-order valence-corrected chi connectivity index (χ3v) is 6.12. The van der Waals surface area contributed by atoms with E-state index in [1.54, 1.807) is 25.4 Å². The van der Waals surface area contributed by atoms with Crippen molar-refractivity contribution in [3.05, 3.63) is 36.2 Å². The van der Waals surface area contributed by atoms with Gasteiger partial charge < -0.3 is 4.57 Å². The van der Waals surface area contributed by atoms with Gasteiger partial charge in [0.1, 0.15) is 16.5 Å². The van der Waals surface area contributed by atoms with E-state index < -0.39 is 10.0 Å². The molecule has 8 heteroatoms. The quantitative estimate of drug-likeness (QED) is 0.842. The van der Waals surface area contributed by atoms with Gasteiger partial charge in [-0.1, -0.05) is 0 Å². The highest BCUT2D eigenvalue weighted by atomic mass is 32.2. The molecule has 1 unspecified atom stereocenters. The summed E-state index contributed by atoms with van der Waals surface area (Å²) < 4.78 is 28.9. The molecule has 2 aromatic heterocycles. The first kappa shape index (κ1) is 15.1. The lowest BCUT2D eigenvalue weighted by Gasteiger charge is -2.26. The Balaban J connectivity index is 1.80. The van der Waals surface area contributed by atoms with Crippen LogP contribution in [0.2, 0.25) is 0 Å². The van der Waals surface area contributed by atoms with E-state index in [1.807, 2.05) is 6.92 Å². The van der Waals surface area contributed by atoms with E-state index in [1.165, 1.54) is 10.5 Å². The molecule has 0 N–H and O–H groups in total. The molecule has 2 aromatic rings. The standard InChI is InChI=1S/C14H19N5O2S/c1-11-16-17-14-6-5-12(7-9-19(11)14)18(2)22(20,21)13-4-3-8-15-10-13/h3-4,8,10,12H,5-7,9H2,1-2H3. The van der Waals surface area contributed by atoms with E-state index in [2.05, 4.69) is 19.7 Å². The monoisotopic (exact) mass is 321 g/mol. The van der Waals surface area contributed by atoms with E-state index in [0.717, 1.165) is 37.5 Å². The van der Waals surface area contributed by atoms with Crippen LogP contribution in [0.15, 0.2) is 29.4 Å². The van der Waals surface area contributed by atoms with Crippen molar-refractivity contribution in [2.75, 3.05) is 7.05 Å². The zero-order valence-electron chi connectivity index (χ0n) is 12.7. The molecule has 0 saturated heterocycles. The Kier molecular flexibility index (Phi) is 3.96. The van der Waals surface area contributed by atoms with Crippen molar-refractivity contribution < 1.29 is 8.42 Å². The fraction of sp³-hybridized carbons (Fsp3) is 0.500. The maximum Gasteiger partial charge on any atom is 0.244 e. The number of hydrogen-bond acceptors (Lipinski definition) is 5. The summed E-state index contributed by atoms with van der Waals surface area (Å²) in [6.07, 6.45) is 5.19. The van der Waals surface area contributed by atoms with Gasteiger partial charge >= 0.3 is 0 Å². The molecule has 3 heterocycles. The van der Waals surface area contributed by atoms with Gasteiger partial charge in [-0.2, -0.15) is 4.31 Å². The van der Waals surface area contributed by atoms with Crippen LogP contribution in [0.4, 0.5) is 0 Å². The van der Waals surface area contributed by atoms with E-state index in [9.17, 15) is 8.42 Å². The van der Waals surface area contributed by atoms with E-state index in [-0.39, 0.29) is 10.9 Å². The minimum Gasteiger partial charge on any atom is -0.315 e. The van der Waals surface area contributed by atoms with Gasteiger partial charge in [-0.3, -0.25) is 4.98 Å². The number of nitrogens with zero attached hydrogens (tertiary/aromatic N) is 5. The summed E-state index contributed by atoms with van der Waals surface area (Å²) in [4.78, 5) is 4.14. The Morgan fingerprint density at radius 3 is 2.86 bits per heavy atom. The molecule has 1 aliphatic heterocycles. The summed E-state index contributed by atoms with van der Waals surface area (Å²) in [5.74, 6) is 1.82. The molecule has 22 heavy (non-hydrogen) atoms. The Labute approximate surface area is 130 Å². The fourth-order valence-corrected chi connectivity index (χ4v) is 4.23. The molecule has 118 valence electrons. The Hall–Kier alpha value is -1.80. The Bertz CT molecular complexity index is 757. The molecule has 0 aliphatic carbocycles. The molecule has 0 fully saturated rings. The molecule has 0 amide bonds. The maximum absolute atomic E-state index is 12.7. The molecular formula is C14H19N5O2S. The Morgan fingerprint density at radius 1 is 1.32 bits per heavy atom. The minimum atomic E-state index is -3.51. The van der Waals surface area contributed by atoms with Crippen LogP contribution in [-0.4, -0.2) is 45.6 Å². The molecule has 0 aromatic carbocycles. The number of sulfonamides is 1. The molecule has 0 bridgehead atoms. The zero-order valence-corrected chi connectivity index (χ0v) is 13.5. The highest BCUT2D eigenvalue weighted by Crippen LogP contribution is 2.23. The third-order valence-electron chi connectivity index (χ3n) is 4.23. The van der Waals surface area contributed by atoms with Gasteiger partial charge in [-0.05, 0) is 31.9 Å². The second-order valence-corrected chi connectivity index (χ2v) is 7.50. The predicted octanol–water partition coefficient (Wildman–Crippen LogP) is 1.01. The lowest BCUT2D eigenvalue weighted by molar-refractivity contribution is 0.330. The number of pyridine rings is 1. The topological polar surface area (TPSA) is 81.0 Å². The summed E-state index contributed by atoms with van der Waals surface area (Å²) in [5.41, 5.74) is 0. The van der Waals surface area contributed by atoms with E-state index in [4.69, 9.17) is 0 Å². The third kappa shape index (κ3) is 2.64. The molecule has 0 spiro atoms. The number of hydrogen-bond donors (Lipinski definition) is 0. The largest absolute Gasteiger partial charge is 0.315 e. The summed E-state index contributed by atoms with van der Waals surface area (Å²) in [5, 5.41) is 8.24. The van der Waals surface area contributed by atoms with Crippen molar-refractivity contribution in [3.8, 4) is 0 Å². The van der Waals surface area contributed by atoms with Crippen LogP contribution >= 0.6 is 0 Å². The van der Waals surface area contributed by atoms with Crippen LogP contribution in [0.5, 0.6) is 0 Å². The average Bonchev–Trinajstić information content (AvgIpc) is 2.75. The number of rotatable bonds is 3. The molecule has 0 saturated carbocycles. The molecule has 7 nitrogen and oxygen atoms in total. The van der Waals surface area contributed by atoms with Gasteiger partial charge in [-0.25, -0.2) is 8.42 Å². The van der Waals surface area contributed by atoms with Crippen molar-refractivity contribution in [3.63, 3.8) is 0 Å². The first-order valence-electron chi connectivity index (χ1n) is 7.27. The van der Waals surface area contributed by atoms with E-state index >= 15 is 0 Å². The number of aromatic nitrogens is 4. The van der Waals surface area contributed by atoms with Crippen LogP contribution < -0.4 is 0 Å². The van der Waals surface area contributed by atoms with Crippen molar-refractivity contribution in [1.82, 2.24) is 24.1 Å². The van der Waals surface area contributed by atoms with Gasteiger partial charge in [0.25, 0.3) is 0 Å². The SMILES string of the molecule is Cc1nnc2n1CCC(N(C)S(=O)(=O)c1cccnc1)CC2. The summed E-state index contributed by atoms with van der Waals surface area (Å²) in [6.45, 7) is 2.67. The lowest BCUT2D eigenvalue weighted by atomic mass is 10.1. The van der Waals surface area contributed by atoms with Crippen LogP contribution in [0.25, 0.3) is 0 Å². The number of aryl methyl sites for hydroxylation is 2. The first-order chi connectivity index (χ1) is 10.5. The van der Waals surface area contributed by atoms with Crippen LogP contribution in [0.3, 0.4) is 0 Å². The summed E-state index contributed by atoms with van der Waals surface area (Å²) >= 11 is 0. The van der Waals surface area contributed by atoms with Crippen molar-refractivity contribution >= 4 is 10.0 Å². The predicted molar refractivity (Wildman–Crippen MR) is 80.7 cm³/mol. The minimum absolute atomic E-state index is 0.0497. The molecular weight excluding hydrogens is 302 g/mol. The highest BCUT2D eigenvalue weighted by molar-refractivity contribution is 7.89. The van der Waals surface area contributed by atoms with Gasteiger partial charge in [-0.15, -0.1) is 10.2 Å². The molecule has 0 radical (unpaired) electrons. The maximum atomic E-state index is 12.7. The molecule has 1 aliphatic rings. The first-order valence-corrected chi connectivity index (χ1v) is 8.71. The van der Waals surface area contributed by atoms with Gasteiger partial charge in [0, 0.05) is 38.4 Å². The normalized spacial score (nSPS) is 19.0. The summed E-state index contributed by atoms with van der Waals surface area (Å²) in [6, 6.07) is 3.17. The van der Waals surface area contributed by atoms with Gasteiger partial charge in [0.05, 0.1) is 0 Å². The fourth-order valence-electron chi connectivity index (χ4n) is 2.84. The van der Waals surface area contributed by atoms with Gasteiger partial charge in [0.2, 0.25) is 10.0 Å². The molecule has 3 rings (SSSR count). The second kappa shape index (κ2) is 5.77. The van der Waals surface area contributed by atoms with Crippen LogP contribution in [0, 0.1) is 6.92 Å². The Morgan fingerprint density at radius 2 is 2.14 bits per heavy atom. The zero-order chi connectivity index (χ0) is 15.7. The van der Waals surface area contributed by atoms with Crippen molar-refractivity contribution in [1.29, 1.82) is 0 Å². The number of fused-ring (bicyclic) bond motifs is 1. The second-order valence-electron chi connectivity index (χ2n) is 5.51. The smallest absolute Gasteiger partial charge is 0.244 e.